The summed E-state index contributed by atoms with van der Waals surface area (Å²) >= 11 is 0. The first kappa shape index (κ1) is 20.6. The summed E-state index contributed by atoms with van der Waals surface area (Å²) in [5, 5.41) is 7.21. The number of hydrogen-bond acceptors (Lipinski definition) is 3. The van der Waals surface area contributed by atoms with E-state index in [-0.39, 0.29) is 5.91 Å². The van der Waals surface area contributed by atoms with Crippen molar-refractivity contribution in [3.05, 3.63) is 52.8 Å². The van der Waals surface area contributed by atoms with Gasteiger partial charge in [0.2, 0.25) is 0 Å². The minimum Gasteiger partial charge on any atom is -0.350 e. The molecule has 5 nitrogen and oxygen atoms in total. The first-order chi connectivity index (χ1) is 13.4. The van der Waals surface area contributed by atoms with Crippen molar-refractivity contribution in [2.24, 2.45) is 13.0 Å². The van der Waals surface area contributed by atoms with Crippen LogP contribution in [-0.2, 0) is 19.9 Å². The van der Waals surface area contributed by atoms with Crippen LogP contribution in [0.4, 0.5) is 0 Å². The van der Waals surface area contributed by atoms with Crippen LogP contribution >= 0.6 is 0 Å². The molecule has 0 atom stereocenters. The number of hydrogen-bond donors (Lipinski definition) is 1. The highest BCUT2D eigenvalue weighted by Crippen LogP contribution is 2.23. The summed E-state index contributed by atoms with van der Waals surface area (Å²) in [6.45, 7) is 9.58. The molecule has 0 aliphatic carbocycles. The van der Waals surface area contributed by atoms with Crippen molar-refractivity contribution >= 4 is 5.91 Å². The van der Waals surface area contributed by atoms with Gasteiger partial charge in [0.15, 0.2) is 0 Å². The molecular formula is C23H34N4O. The standard InChI is InChI=1S/C23H34N4O/c1-17(2)27-13-10-21(11-14-27)16-20-7-5-19(6-8-20)9-12-24-23(28)22-15-18(3)25-26(22)4/h5-8,15,17,21H,9-14,16H2,1-4H3,(H,24,28). The number of nitrogens with zero attached hydrogens (tertiary/aromatic N) is 3. The van der Waals surface area contributed by atoms with Crippen LogP contribution in [0, 0.1) is 12.8 Å². The number of carbonyl (C=O) groups excluding carboxylic acids is 1. The Morgan fingerprint density at radius 1 is 1.18 bits per heavy atom. The molecule has 3 rings (SSSR count). The van der Waals surface area contributed by atoms with Crippen molar-refractivity contribution in [1.82, 2.24) is 20.0 Å². The van der Waals surface area contributed by atoms with Crippen LogP contribution in [0.2, 0.25) is 0 Å². The molecule has 0 spiro atoms. The van der Waals surface area contributed by atoms with E-state index in [1.165, 1.54) is 43.5 Å². The zero-order chi connectivity index (χ0) is 20.1. The third-order valence-electron chi connectivity index (χ3n) is 5.86. The van der Waals surface area contributed by atoms with E-state index in [0.717, 1.165) is 18.0 Å². The summed E-state index contributed by atoms with van der Waals surface area (Å²) in [6, 6.07) is 11.4. The number of aryl methyl sites for hydroxylation is 2. The lowest BCUT2D eigenvalue weighted by atomic mass is 9.89. The lowest BCUT2D eigenvalue weighted by Crippen LogP contribution is -2.38. The van der Waals surface area contributed by atoms with Crippen LogP contribution in [0.15, 0.2) is 30.3 Å². The summed E-state index contributed by atoms with van der Waals surface area (Å²) < 4.78 is 1.63. The van der Waals surface area contributed by atoms with Gasteiger partial charge in [0.1, 0.15) is 5.69 Å². The maximum Gasteiger partial charge on any atom is 0.269 e. The predicted molar refractivity (Wildman–Crippen MR) is 114 cm³/mol. The zero-order valence-electron chi connectivity index (χ0n) is 17.7. The van der Waals surface area contributed by atoms with Crippen molar-refractivity contribution in [3.63, 3.8) is 0 Å². The highest BCUT2D eigenvalue weighted by Gasteiger charge is 2.20. The lowest BCUT2D eigenvalue weighted by molar-refractivity contribution is 0.0944. The molecular weight excluding hydrogens is 348 g/mol. The Morgan fingerprint density at radius 3 is 2.39 bits per heavy atom. The Kier molecular flexibility index (Phi) is 6.89. The summed E-state index contributed by atoms with van der Waals surface area (Å²) in [4.78, 5) is 14.8. The van der Waals surface area contributed by atoms with Crippen LogP contribution in [0.3, 0.4) is 0 Å². The van der Waals surface area contributed by atoms with Gasteiger partial charge in [-0.3, -0.25) is 9.48 Å². The first-order valence-corrected chi connectivity index (χ1v) is 10.5. The number of piperidine rings is 1. The number of benzene rings is 1. The predicted octanol–water partition coefficient (Wildman–Crippen LogP) is 3.36. The van der Waals surface area contributed by atoms with Gasteiger partial charge in [0, 0.05) is 19.6 Å². The molecule has 1 saturated heterocycles. The number of amides is 1. The summed E-state index contributed by atoms with van der Waals surface area (Å²) in [5.74, 6) is 0.745. The van der Waals surface area contributed by atoms with Crippen LogP contribution < -0.4 is 5.32 Å². The second-order valence-electron chi connectivity index (χ2n) is 8.39. The van der Waals surface area contributed by atoms with Gasteiger partial charge in [-0.25, -0.2) is 0 Å². The minimum atomic E-state index is -0.0625. The second-order valence-corrected chi connectivity index (χ2v) is 8.39. The van der Waals surface area contributed by atoms with Gasteiger partial charge < -0.3 is 10.2 Å². The molecule has 2 heterocycles. The van der Waals surface area contributed by atoms with E-state index in [2.05, 4.69) is 53.4 Å². The molecule has 0 bridgehead atoms. The third-order valence-corrected chi connectivity index (χ3v) is 5.86. The SMILES string of the molecule is Cc1cc(C(=O)NCCc2ccc(CC3CCN(C(C)C)CC3)cc2)n(C)n1. The van der Waals surface area contributed by atoms with E-state index in [9.17, 15) is 4.79 Å². The van der Waals surface area contributed by atoms with Crippen LogP contribution in [0.5, 0.6) is 0 Å². The Labute approximate surface area is 169 Å². The zero-order valence-corrected chi connectivity index (χ0v) is 17.7. The first-order valence-electron chi connectivity index (χ1n) is 10.5. The summed E-state index contributed by atoms with van der Waals surface area (Å²) in [6.07, 6.45) is 4.64. The Bertz CT molecular complexity index is 770. The Hall–Kier alpha value is -2.14. The topological polar surface area (TPSA) is 50.2 Å². The van der Waals surface area contributed by atoms with Gasteiger partial charge in [0.25, 0.3) is 5.91 Å². The molecule has 0 saturated carbocycles. The second kappa shape index (κ2) is 9.37. The Morgan fingerprint density at radius 2 is 1.82 bits per heavy atom. The van der Waals surface area contributed by atoms with Gasteiger partial charge in [-0.15, -0.1) is 0 Å². The number of aromatic nitrogens is 2. The van der Waals surface area contributed by atoms with Gasteiger partial charge >= 0.3 is 0 Å². The van der Waals surface area contributed by atoms with Crippen LogP contribution in [0.25, 0.3) is 0 Å². The number of carbonyl (C=O) groups is 1. The molecule has 1 N–H and O–H groups in total. The quantitative estimate of drug-likeness (QED) is 0.799. The minimum absolute atomic E-state index is 0.0625. The fraction of sp³-hybridized carbons (Fsp3) is 0.565. The third kappa shape index (κ3) is 5.44. The molecule has 1 fully saturated rings. The average Bonchev–Trinajstić information content (AvgIpc) is 3.02. The van der Waals surface area contributed by atoms with Gasteiger partial charge in [-0.05, 0) is 82.7 Å². The van der Waals surface area contributed by atoms with E-state index >= 15 is 0 Å². The molecule has 1 aromatic heterocycles. The molecule has 28 heavy (non-hydrogen) atoms. The average molecular weight is 383 g/mol. The van der Waals surface area contributed by atoms with E-state index in [4.69, 9.17) is 0 Å². The normalized spacial score (nSPS) is 15.9. The summed E-state index contributed by atoms with van der Waals surface area (Å²) in [7, 11) is 1.80. The number of rotatable bonds is 7. The fourth-order valence-electron chi connectivity index (χ4n) is 4.08. The monoisotopic (exact) mass is 382 g/mol. The molecule has 152 valence electrons. The summed E-state index contributed by atoms with van der Waals surface area (Å²) in [5.41, 5.74) is 4.16. The molecule has 5 heteroatoms. The molecule has 1 aliphatic heterocycles. The number of nitrogens with one attached hydrogen (secondary N) is 1. The molecule has 0 unspecified atom stereocenters. The molecule has 1 aromatic carbocycles. The molecule has 1 amide bonds. The van der Waals surface area contributed by atoms with Gasteiger partial charge in [-0.2, -0.15) is 5.10 Å². The van der Waals surface area contributed by atoms with Crippen LogP contribution in [0.1, 0.15) is 54.0 Å². The van der Waals surface area contributed by atoms with E-state index < -0.39 is 0 Å². The Balaban J connectivity index is 1.42. The van der Waals surface area contributed by atoms with Crippen molar-refractivity contribution in [3.8, 4) is 0 Å². The van der Waals surface area contributed by atoms with Crippen molar-refractivity contribution in [2.75, 3.05) is 19.6 Å². The van der Waals surface area contributed by atoms with Crippen LogP contribution in [-0.4, -0.2) is 46.3 Å². The van der Waals surface area contributed by atoms with E-state index in [1.807, 2.05) is 13.0 Å². The maximum atomic E-state index is 12.2. The van der Waals surface area contributed by atoms with Crippen molar-refractivity contribution in [1.29, 1.82) is 0 Å². The van der Waals surface area contributed by atoms with Gasteiger partial charge in [0.05, 0.1) is 5.69 Å². The molecule has 1 aliphatic rings. The fourth-order valence-corrected chi connectivity index (χ4v) is 4.08. The largest absolute Gasteiger partial charge is 0.350 e. The lowest BCUT2D eigenvalue weighted by Gasteiger charge is -2.34. The number of likely N-dealkylation sites (tertiary alicyclic amines) is 1. The highest BCUT2D eigenvalue weighted by molar-refractivity contribution is 5.92. The van der Waals surface area contributed by atoms with Gasteiger partial charge in [-0.1, -0.05) is 24.3 Å². The van der Waals surface area contributed by atoms with E-state index in [0.29, 0.717) is 18.3 Å². The maximum absolute atomic E-state index is 12.2. The smallest absolute Gasteiger partial charge is 0.269 e. The highest BCUT2D eigenvalue weighted by atomic mass is 16.2. The molecule has 0 radical (unpaired) electrons. The molecule has 2 aromatic rings. The van der Waals surface area contributed by atoms with Crippen molar-refractivity contribution in [2.45, 2.75) is 52.5 Å². The van der Waals surface area contributed by atoms with Crippen molar-refractivity contribution < 1.29 is 4.79 Å². The van der Waals surface area contributed by atoms with E-state index in [1.54, 1.807) is 11.7 Å².